The van der Waals surface area contributed by atoms with E-state index in [2.05, 4.69) is 13.8 Å². The second-order valence-corrected chi connectivity index (χ2v) is 4.95. The molecule has 0 radical (unpaired) electrons. The number of nitrogens with two attached hydrogens (primary N) is 1. The van der Waals surface area contributed by atoms with Crippen LogP contribution < -0.4 is 5.73 Å². The molecule has 1 heterocycles. The Morgan fingerprint density at radius 2 is 2.12 bits per heavy atom. The zero-order chi connectivity index (χ0) is 11.7. The van der Waals surface area contributed by atoms with E-state index in [-0.39, 0.29) is 6.04 Å². The Bertz CT molecular complexity index is 490. The molecule has 16 heavy (non-hydrogen) atoms. The summed E-state index contributed by atoms with van der Waals surface area (Å²) in [6, 6.07) is 7.65. The summed E-state index contributed by atoms with van der Waals surface area (Å²) in [6.45, 7) is 4.30. The van der Waals surface area contributed by atoms with Gasteiger partial charge in [0.25, 0.3) is 0 Å². The number of rotatable bonds is 3. The highest BCUT2D eigenvalue weighted by atomic mass is 35.5. The van der Waals surface area contributed by atoms with Crippen LogP contribution in [0.2, 0.25) is 5.02 Å². The third-order valence-electron chi connectivity index (χ3n) is 2.61. The second-order valence-electron chi connectivity index (χ2n) is 4.54. The van der Waals surface area contributed by atoms with E-state index in [0.29, 0.717) is 10.9 Å². The van der Waals surface area contributed by atoms with Gasteiger partial charge in [-0.1, -0.05) is 37.6 Å². The lowest BCUT2D eigenvalue weighted by Gasteiger charge is -2.10. The average molecular weight is 238 g/mol. The molecule has 0 saturated heterocycles. The van der Waals surface area contributed by atoms with Crippen LogP contribution in [0.25, 0.3) is 11.0 Å². The SMILES string of the molecule is CC(C)C[C@@H](N)c1cc2cccc(Cl)c2o1. The van der Waals surface area contributed by atoms with Crippen molar-refractivity contribution in [1.82, 2.24) is 0 Å². The van der Waals surface area contributed by atoms with Gasteiger partial charge < -0.3 is 10.2 Å². The second kappa shape index (κ2) is 4.48. The van der Waals surface area contributed by atoms with E-state index in [9.17, 15) is 0 Å². The van der Waals surface area contributed by atoms with Crippen molar-refractivity contribution in [3.05, 3.63) is 35.0 Å². The van der Waals surface area contributed by atoms with E-state index < -0.39 is 0 Å². The van der Waals surface area contributed by atoms with Gasteiger partial charge in [0.05, 0.1) is 11.1 Å². The molecule has 0 fully saturated rings. The maximum absolute atomic E-state index is 6.07. The average Bonchev–Trinajstić information content (AvgIpc) is 2.61. The van der Waals surface area contributed by atoms with Gasteiger partial charge in [0, 0.05) is 5.39 Å². The van der Waals surface area contributed by atoms with Crippen LogP contribution in [-0.2, 0) is 0 Å². The molecule has 2 N–H and O–H groups in total. The molecular formula is C13H16ClNO. The molecule has 1 atom stereocenters. The summed E-state index contributed by atoms with van der Waals surface area (Å²) in [7, 11) is 0. The monoisotopic (exact) mass is 237 g/mol. The molecule has 2 rings (SSSR count). The van der Waals surface area contributed by atoms with E-state index >= 15 is 0 Å². The van der Waals surface area contributed by atoms with Crippen molar-refractivity contribution < 1.29 is 4.42 Å². The standard InChI is InChI=1S/C13H16ClNO/c1-8(2)6-11(15)12-7-9-4-3-5-10(14)13(9)16-12/h3-5,7-8,11H,6,15H2,1-2H3/t11-/m1/s1. The summed E-state index contributed by atoms with van der Waals surface area (Å²) >= 11 is 6.05. The van der Waals surface area contributed by atoms with Gasteiger partial charge in [0.15, 0.2) is 5.58 Å². The molecule has 0 aliphatic carbocycles. The first-order valence-electron chi connectivity index (χ1n) is 5.51. The fourth-order valence-electron chi connectivity index (χ4n) is 1.85. The zero-order valence-corrected chi connectivity index (χ0v) is 10.3. The molecule has 0 unspecified atom stereocenters. The maximum Gasteiger partial charge on any atom is 0.152 e. The Balaban J connectivity index is 2.36. The number of furan rings is 1. The molecule has 86 valence electrons. The molecule has 2 aromatic rings. The van der Waals surface area contributed by atoms with E-state index in [1.807, 2.05) is 24.3 Å². The first kappa shape index (κ1) is 11.5. The molecule has 1 aromatic heterocycles. The lowest BCUT2D eigenvalue weighted by atomic mass is 10.0. The largest absolute Gasteiger partial charge is 0.458 e. The minimum atomic E-state index is -0.0523. The van der Waals surface area contributed by atoms with Gasteiger partial charge in [-0.25, -0.2) is 0 Å². The Labute approximate surface area is 100 Å². The van der Waals surface area contributed by atoms with Gasteiger partial charge >= 0.3 is 0 Å². The van der Waals surface area contributed by atoms with Gasteiger partial charge in [0.1, 0.15) is 5.76 Å². The van der Waals surface area contributed by atoms with Crippen molar-refractivity contribution in [2.75, 3.05) is 0 Å². The Hall–Kier alpha value is -0.990. The van der Waals surface area contributed by atoms with Crippen LogP contribution in [0, 0.1) is 5.92 Å². The summed E-state index contributed by atoms with van der Waals surface area (Å²) in [4.78, 5) is 0. The first-order valence-corrected chi connectivity index (χ1v) is 5.89. The van der Waals surface area contributed by atoms with Gasteiger partial charge in [-0.3, -0.25) is 0 Å². The fraction of sp³-hybridized carbons (Fsp3) is 0.385. The molecule has 0 aliphatic rings. The summed E-state index contributed by atoms with van der Waals surface area (Å²) in [5.74, 6) is 1.37. The molecule has 2 nitrogen and oxygen atoms in total. The van der Waals surface area contributed by atoms with E-state index in [4.69, 9.17) is 21.8 Å². The Morgan fingerprint density at radius 1 is 1.38 bits per heavy atom. The fourth-order valence-corrected chi connectivity index (χ4v) is 2.07. The highest BCUT2D eigenvalue weighted by Gasteiger charge is 2.14. The van der Waals surface area contributed by atoms with Crippen molar-refractivity contribution >= 4 is 22.6 Å². The third kappa shape index (κ3) is 2.23. The van der Waals surface area contributed by atoms with Crippen LogP contribution in [0.1, 0.15) is 32.1 Å². The van der Waals surface area contributed by atoms with Gasteiger partial charge in [-0.2, -0.15) is 0 Å². The number of hydrogen-bond donors (Lipinski definition) is 1. The van der Waals surface area contributed by atoms with E-state index in [1.54, 1.807) is 0 Å². The first-order chi connectivity index (χ1) is 7.58. The van der Waals surface area contributed by atoms with Crippen LogP contribution in [0.5, 0.6) is 0 Å². The summed E-state index contributed by atoms with van der Waals surface area (Å²) in [5.41, 5.74) is 6.81. The summed E-state index contributed by atoms with van der Waals surface area (Å²) in [6.07, 6.45) is 0.914. The summed E-state index contributed by atoms with van der Waals surface area (Å²) in [5, 5.41) is 1.65. The number of fused-ring (bicyclic) bond motifs is 1. The number of hydrogen-bond acceptors (Lipinski definition) is 2. The molecule has 1 aromatic carbocycles. The molecule has 0 amide bonds. The van der Waals surface area contributed by atoms with Crippen molar-refractivity contribution in [3.63, 3.8) is 0 Å². The Morgan fingerprint density at radius 3 is 2.75 bits per heavy atom. The highest BCUT2D eigenvalue weighted by molar-refractivity contribution is 6.34. The molecule has 3 heteroatoms. The third-order valence-corrected chi connectivity index (χ3v) is 2.90. The van der Waals surface area contributed by atoms with Crippen LogP contribution in [0.3, 0.4) is 0 Å². The molecular weight excluding hydrogens is 222 g/mol. The molecule has 0 spiro atoms. The normalized spacial score (nSPS) is 13.6. The molecule has 0 aliphatic heterocycles. The lowest BCUT2D eigenvalue weighted by molar-refractivity contribution is 0.431. The van der Waals surface area contributed by atoms with Gasteiger partial charge in [0.2, 0.25) is 0 Å². The van der Waals surface area contributed by atoms with Gasteiger partial charge in [-0.15, -0.1) is 0 Å². The minimum Gasteiger partial charge on any atom is -0.458 e. The van der Waals surface area contributed by atoms with Crippen molar-refractivity contribution in [3.8, 4) is 0 Å². The smallest absolute Gasteiger partial charge is 0.152 e. The van der Waals surface area contributed by atoms with E-state index in [0.717, 1.165) is 23.2 Å². The van der Waals surface area contributed by atoms with Crippen molar-refractivity contribution in [1.29, 1.82) is 0 Å². The minimum absolute atomic E-state index is 0.0523. The van der Waals surface area contributed by atoms with Crippen molar-refractivity contribution in [2.45, 2.75) is 26.3 Å². The Kier molecular flexibility index (Phi) is 3.22. The van der Waals surface area contributed by atoms with Crippen LogP contribution in [-0.4, -0.2) is 0 Å². The predicted octanol–water partition coefficient (Wildman–Crippen LogP) is 4.13. The highest BCUT2D eigenvalue weighted by Crippen LogP contribution is 2.30. The zero-order valence-electron chi connectivity index (χ0n) is 9.53. The van der Waals surface area contributed by atoms with E-state index in [1.165, 1.54) is 0 Å². The quantitative estimate of drug-likeness (QED) is 0.872. The van der Waals surface area contributed by atoms with Crippen LogP contribution >= 0.6 is 11.6 Å². The van der Waals surface area contributed by atoms with Crippen molar-refractivity contribution in [2.24, 2.45) is 11.7 Å². The molecule has 0 saturated carbocycles. The lowest BCUT2D eigenvalue weighted by Crippen LogP contribution is -2.11. The molecule has 0 bridgehead atoms. The topological polar surface area (TPSA) is 39.2 Å². The number of halogens is 1. The number of benzene rings is 1. The maximum atomic E-state index is 6.07. The summed E-state index contributed by atoms with van der Waals surface area (Å²) < 4.78 is 5.70. The van der Waals surface area contributed by atoms with Crippen LogP contribution in [0.15, 0.2) is 28.7 Å². The van der Waals surface area contributed by atoms with Crippen LogP contribution in [0.4, 0.5) is 0 Å². The number of para-hydroxylation sites is 1. The van der Waals surface area contributed by atoms with Gasteiger partial charge in [-0.05, 0) is 24.5 Å². The predicted molar refractivity (Wildman–Crippen MR) is 67.6 cm³/mol.